The van der Waals surface area contributed by atoms with E-state index in [2.05, 4.69) is 0 Å². The third kappa shape index (κ3) is 2.82. The molecule has 4 rings (SSSR count). The second-order valence-electron chi connectivity index (χ2n) is 8.99. The molecule has 0 heterocycles. The molecule has 0 bridgehead atoms. The van der Waals surface area contributed by atoms with E-state index in [-0.39, 0.29) is 41.6 Å². The molecule has 4 aliphatic rings. The highest BCUT2D eigenvalue weighted by Gasteiger charge is 2.62. The largest absolute Gasteiger partial charge is 0.392 e. The van der Waals surface area contributed by atoms with Crippen molar-refractivity contribution in [1.29, 1.82) is 5.41 Å². The van der Waals surface area contributed by atoms with Gasteiger partial charge in [-0.2, -0.15) is 0 Å². The average molecular weight is 379 g/mol. The fraction of sp³-hybridized carbons (Fsp3) is 0.850. The number of fused-ring (bicyclic) bond motifs is 3. The van der Waals surface area contributed by atoms with Crippen LogP contribution in [-0.4, -0.2) is 62.6 Å². The average Bonchev–Trinajstić information content (AvgIpc) is 2.67. The van der Waals surface area contributed by atoms with Gasteiger partial charge in [0.05, 0.1) is 42.7 Å². The van der Waals surface area contributed by atoms with E-state index >= 15 is 0 Å². The van der Waals surface area contributed by atoms with Gasteiger partial charge in [-0.1, -0.05) is 6.42 Å². The number of carbonyl (C=O) groups excluding carboxylic acids is 2. The number of Topliss-reactive ketones (excluding diaryl/α,β-unsaturated/α-hetero) is 2. The van der Waals surface area contributed by atoms with Crippen LogP contribution in [0, 0.1) is 46.8 Å². The SMILES string of the molecule is N=C(CO)[C@H]1CCC2C(O)C3C(=O)C4C(O)CCCC4C(=O)C3C(O)C2C1. The number of aliphatic hydroxyl groups is 4. The Bertz CT molecular complexity index is 650. The Kier molecular flexibility index (Phi) is 4.99. The molecule has 0 saturated heterocycles. The van der Waals surface area contributed by atoms with Gasteiger partial charge in [0.1, 0.15) is 11.6 Å². The molecule has 10 atom stereocenters. The lowest BCUT2D eigenvalue weighted by molar-refractivity contribution is -0.186. The molecule has 150 valence electrons. The summed E-state index contributed by atoms with van der Waals surface area (Å²) in [5.74, 6) is -4.40. The molecule has 9 unspecified atom stereocenters. The van der Waals surface area contributed by atoms with Gasteiger partial charge in [-0.25, -0.2) is 0 Å². The maximum atomic E-state index is 13.2. The van der Waals surface area contributed by atoms with Gasteiger partial charge in [0.25, 0.3) is 0 Å². The van der Waals surface area contributed by atoms with Crippen molar-refractivity contribution in [1.82, 2.24) is 0 Å². The van der Waals surface area contributed by atoms with Crippen molar-refractivity contribution in [2.24, 2.45) is 41.4 Å². The summed E-state index contributed by atoms with van der Waals surface area (Å²) >= 11 is 0. The zero-order valence-corrected chi connectivity index (χ0v) is 15.3. The Morgan fingerprint density at radius 2 is 1.56 bits per heavy atom. The number of hydrogen-bond acceptors (Lipinski definition) is 7. The minimum absolute atomic E-state index is 0.159. The molecule has 7 nitrogen and oxygen atoms in total. The first-order chi connectivity index (χ1) is 12.9. The van der Waals surface area contributed by atoms with Gasteiger partial charge >= 0.3 is 0 Å². The molecule has 0 amide bonds. The van der Waals surface area contributed by atoms with E-state index in [1.165, 1.54) is 0 Å². The summed E-state index contributed by atoms with van der Waals surface area (Å²) in [6.07, 6.45) is 0.480. The Morgan fingerprint density at radius 1 is 0.889 bits per heavy atom. The molecule has 0 aromatic carbocycles. The first kappa shape index (κ1) is 19.2. The van der Waals surface area contributed by atoms with E-state index in [1.54, 1.807) is 0 Å². The maximum absolute atomic E-state index is 13.2. The molecule has 27 heavy (non-hydrogen) atoms. The van der Waals surface area contributed by atoms with Crippen molar-refractivity contribution in [2.45, 2.75) is 56.8 Å². The highest BCUT2D eigenvalue weighted by molar-refractivity contribution is 6.01. The van der Waals surface area contributed by atoms with E-state index in [4.69, 9.17) is 5.41 Å². The van der Waals surface area contributed by atoms with Gasteiger partial charge < -0.3 is 25.8 Å². The molecule has 0 radical (unpaired) electrons. The van der Waals surface area contributed by atoms with E-state index in [0.29, 0.717) is 38.5 Å². The quantitative estimate of drug-likeness (QED) is 0.426. The van der Waals surface area contributed by atoms with Crippen LogP contribution >= 0.6 is 0 Å². The predicted molar refractivity (Wildman–Crippen MR) is 95.0 cm³/mol. The van der Waals surface area contributed by atoms with E-state index in [0.717, 1.165) is 0 Å². The molecule has 0 aromatic heterocycles. The predicted octanol–water partition coefficient (Wildman–Crippen LogP) is -0.0722. The molecule has 4 aliphatic carbocycles. The van der Waals surface area contributed by atoms with Gasteiger partial charge in [0.15, 0.2) is 0 Å². The lowest BCUT2D eigenvalue weighted by Gasteiger charge is -2.54. The molecule has 0 spiro atoms. The third-order valence-electron chi connectivity index (χ3n) is 7.83. The molecular weight excluding hydrogens is 350 g/mol. The molecule has 7 heteroatoms. The van der Waals surface area contributed by atoms with Gasteiger partial charge in [0, 0.05) is 11.6 Å². The normalized spacial score (nSPS) is 49.8. The summed E-state index contributed by atoms with van der Waals surface area (Å²) in [6.45, 7) is -0.328. The van der Waals surface area contributed by atoms with E-state index < -0.39 is 42.0 Å². The molecule has 4 saturated carbocycles. The summed E-state index contributed by atoms with van der Waals surface area (Å²) in [5.41, 5.74) is 0.221. The van der Waals surface area contributed by atoms with Crippen LogP contribution in [0.1, 0.15) is 38.5 Å². The first-order valence-electron chi connectivity index (χ1n) is 10.2. The number of aliphatic hydroxyl groups excluding tert-OH is 4. The summed E-state index contributed by atoms with van der Waals surface area (Å²) in [6, 6.07) is 0. The van der Waals surface area contributed by atoms with Crippen molar-refractivity contribution in [3.63, 3.8) is 0 Å². The van der Waals surface area contributed by atoms with Crippen LogP contribution in [0.4, 0.5) is 0 Å². The van der Waals surface area contributed by atoms with Crippen LogP contribution in [0.2, 0.25) is 0 Å². The second-order valence-corrected chi connectivity index (χ2v) is 8.99. The Balaban J connectivity index is 1.65. The fourth-order valence-electron chi connectivity index (χ4n) is 6.49. The number of carbonyl (C=O) groups is 2. The maximum Gasteiger partial charge on any atom is 0.145 e. The van der Waals surface area contributed by atoms with Gasteiger partial charge in [-0.05, 0) is 49.9 Å². The molecular formula is C20H29NO6. The van der Waals surface area contributed by atoms with Crippen LogP contribution in [0.5, 0.6) is 0 Å². The Labute approximate surface area is 158 Å². The number of ketones is 2. The molecule has 4 fully saturated rings. The van der Waals surface area contributed by atoms with Crippen molar-refractivity contribution in [3.8, 4) is 0 Å². The van der Waals surface area contributed by atoms with Crippen molar-refractivity contribution in [2.75, 3.05) is 6.61 Å². The van der Waals surface area contributed by atoms with Crippen molar-refractivity contribution < 1.29 is 30.0 Å². The monoisotopic (exact) mass is 379 g/mol. The third-order valence-corrected chi connectivity index (χ3v) is 7.83. The molecule has 0 aliphatic heterocycles. The zero-order chi connectivity index (χ0) is 19.5. The van der Waals surface area contributed by atoms with E-state index in [9.17, 15) is 30.0 Å². The van der Waals surface area contributed by atoms with Gasteiger partial charge in [0.2, 0.25) is 0 Å². The Morgan fingerprint density at radius 3 is 2.26 bits per heavy atom. The van der Waals surface area contributed by atoms with Crippen LogP contribution in [0.3, 0.4) is 0 Å². The number of rotatable bonds is 2. The van der Waals surface area contributed by atoms with Crippen molar-refractivity contribution >= 4 is 17.3 Å². The summed E-state index contributed by atoms with van der Waals surface area (Å²) in [7, 11) is 0. The zero-order valence-electron chi connectivity index (χ0n) is 15.3. The highest BCUT2D eigenvalue weighted by Crippen LogP contribution is 2.53. The molecule has 5 N–H and O–H groups in total. The Hall–Kier alpha value is -1.15. The van der Waals surface area contributed by atoms with Crippen LogP contribution in [-0.2, 0) is 9.59 Å². The fourth-order valence-corrected chi connectivity index (χ4v) is 6.49. The first-order valence-corrected chi connectivity index (χ1v) is 10.2. The van der Waals surface area contributed by atoms with Crippen LogP contribution in [0.25, 0.3) is 0 Å². The minimum atomic E-state index is -1.02. The van der Waals surface area contributed by atoms with Crippen LogP contribution in [0.15, 0.2) is 0 Å². The lowest BCUT2D eigenvalue weighted by atomic mass is 9.50. The summed E-state index contributed by atoms with van der Waals surface area (Å²) < 4.78 is 0. The summed E-state index contributed by atoms with van der Waals surface area (Å²) in [4.78, 5) is 26.3. The second kappa shape index (κ2) is 7.03. The van der Waals surface area contributed by atoms with Gasteiger partial charge in [-0.15, -0.1) is 0 Å². The standard InChI is InChI=1S/C20H29NO6/c21-12(7-22)8-4-5-9-11(6-8)19(26)15-16(17(9)24)20(27)14-10(18(15)25)2-1-3-13(14)23/h8-11,13-17,19,21-24,26H,1-7H2/t8-,9?,10?,11?,13?,14?,15?,16?,17?,19?/m0/s1. The van der Waals surface area contributed by atoms with Gasteiger partial charge in [-0.3, -0.25) is 9.59 Å². The summed E-state index contributed by atoms with van der Waals surface area (Å²) in [5, 5.41) is 49.5. The highest BCUT2D eigenvalue weighted by atomic mass is 16.3. The lowest BCUT2D eigenvalue weighted by Crippen LogP contribution is -2.65. The van der Waals surface area contributed by atoms with Crippen LogP contribution < -0.4 is 0 Å². The number of nitrogens with one attached hydrogen (secondary N) is 1. The van der Waals surface area contributed by atoms with E-state index in [1.807, 2.05) is 0 Å². The molecule has 0 aromatic rings. The number of hydrogen-bond donors (Lipinski definition) is 5. The topological polar surface area (TPSA) is 139 Å². The van der Waals surface area contributed by atoms with Crippen molar-refractivity contribution in [3.05, 3.63) is 0 Å². The smallest absolute Gasteiger partial charge is 0.145 e. The minimum Gasteiger partial charge on any atom is -0.392 e.